The number of rotatable bonds is 4. The van der Waals surface area contributed by atoms with Crippen LogP contribution in [0.3, 0.4) is 0 Å². The number of nitrogens with one attached hydrogen (secondary N) is 1. The maximum atomic E-state index is 13.4. The van der Waals surface area contributed by atoms with Gasteiger partial charge in [-0.1, -0.05) is 18.6 Å². The molecule has 2 aromatic carbocycles. The number of nitriles is 1. The summed E-state index contributed by atoms with van der Waals surface area (Å²) < 4.78 is 64.8. The monoisotopic (exact) mass is 488 g/mol. The van der Waals surface area contributed by atoms with E-state index in [9.17, 15) is 31.6 Å². The van der Waals surface area contributed by atoms with Crippen molar-refractivity contribution in [3.8, 4) is 18.5 Å². The lowest BCUT2D eigenvalue weighted by atomic mass is 9.97. The van der Waals surface area contributed by atoms with E-state index in [4.69, 9.17) is 6.42 Å². The summed E-state index contributed by atoms with van der Waals surface area (Å²) >= 11 is 0. The maximum Gasteiger partial charge on any atom is 0.416 e. The Morgan fingerprint density at radius 3 is 2.41 bits per heavy atom. The molecule has 11 heteroatoms. The number of likely N-dealkylation sites (N-methyl/N-ethyl adjacent to an activating group) is 1. The largest absolute Gasteiger partial charge is 0.416 e. The summed E-state index contributed by atoms with van der Waals surface area (Å²) in [5.41, 5.74) is -0.286. The van der Waals surface area contributed by atoms with Gasteiger partial charge < -0.3 is 10.2 Å². The van der Waals surface area contributed by atoms with Crippen LogP contribution in [0.5, 0.6) is 0 Å². The van der Waals surface area contributed by atoms with Gasteiger partial charge in [0.15, 0.2) is 9.84 Å². The first-order valence-corrected chi connectivity index (χ1v) is 11.6. The molecule has 1 atom stereocenters. The molecule has 2 amide bonds. The van der Waals surface area contributed by atoms with Gasteiger partial charge in [0, 0.05) is 25.0 Å². The molecule has 0 saturated carbocycles. The normalized spacial score (nSPS) is 16.8. The van der Waals surface area contributed by atoms with E-state index in [-0.39, 0.29) is 33.1 Å². The topological polar surface area (TPSA) is 93.5 Å². The molecule has 0 aliphatic carbocycles. The summed E-state index contributed by atoms with van der Waals surface area (Å²) in [4.78, 5) is 15.4. The van der Waals surface area contributed by atoms with Crippen LogP contribution in [-0.4, -0.2) is 32.7 Å². The second-order valence-electron chi connectivity index (χ2n) is 7.58. The highest BCUT2D eigenvalue weighted by molar-refractivity contribution is 7.90. The zero-order chi connectivity index (χ0) is 25.4. The van der Waals surface area contributed by atoms with E-state index in [0.717, 1.165) is 23.3 Å². The average Bonchev–Trinajstić information content (AvgIpc) is 2.76. The van der Waals surface area contributed by atoms with Gasteiger partial charge in [-0.05, 0) is 42.8 Å². The van der Waals surface area contributed by atoms with Crippen molar-refractivity contribution in [2.24, 2.45) is 0 Å². The van der Waals surface area contributed by atoms with E-state index in [1.54, 1.807) is 0 Å². The number of hydrogen-bond donors (Lipinski definition) is 1. The van der Waals surface area contributed by atoms with Gasteiger partial charge >= 0.3 is 12.2 Å². The number of nitrogens with zero attached hydrogens (tertiary/aromatic N) is 3. The van der Waals surface area contributed by atoms with Gasteiger partial charge in [0.25, 0.3) is 0 Å². The molecule has 1 aliphatic rings. The number of halogens is 3. The zero-order valence-corrected chi connectivity index (χ0v) is 19.1. The van der Waals surface area contributed by atoms with Crippen LogP contribution in [0.25, 0.3) is 0 Å². The Balaban J connectivity index is 2.27. The number of amides is 2. The summed E-state index contributed by atoms with van der Waals surface area (Å²) in [6, 6.07) is 10.7. The number of alkyl halides is 3. The van der Waals surface area contributed by atoms with Crippen LogP contribution in [0.2, 0.25) is 0 Å². The van der Waals surface area contributed by atoms with Gasteiger partial charge in [-0.2, -0.15) is 18.4 Å². The van der Waals surface area contributed by atoms with Crippen molar-refractivity contribution in [3.63, 3.8) is 0 Å². The van der Waals surface area contributed by atoms with E-state index in [2.05, 4.69) is 11.4 Å². The van der Waals surface area contributed by atoms with Gasteiger partial charge in [0.05, 0.1) is 33.5 Å². The molecule has 7 nitrogen and oxygen atoms in total. The summed E-state index contributed by atoms with van der Waals surface area (Å²) in [7, 11) is -2.45. The summed E-state index contributed by atoms with van der Waals surface area (Å²) in [5.74, 6) is 0. The van der Waals surface area contributed by atoms with E-state index in [1.807, 2.05) is 6.07 Å². The van der Waals surface area contributed by atoms with Crippen molar-refractivity contribution in [1.82, 2.24) is 10.2 Å². The van der Waals surface area contributed by atoms with Gasteiger partial charge in [0.2, 0.25) is 0 Å². The number of sulfone groups is 1. The van der Waals surface area contributed by atoms with E-state index >= 15 is 0 Å². The third-order valence-electron chi connectivity index (χ3n) is 5.35. The van der Waals surface area contributed by atoms with Crippen LogP contribution < -0.4 is 10.2 Å². The molecule has 34 heavy (non-hydrogen) atoms. The third-order valence-corrected chi connectivity index (χ3v) is 6.51. The van der Waals surface area contributed by atoms with Gasteiger partial charge in [-0.15, -0.1) is 0 Å². The van der Waals surface area contributed by atoms with E-state index < -0.39 is 33.6 Å². The van der Waals surface area contributed by atoms with Gasteiger partial charge in [0.1, 0.15) is 6.04 Å². The molecule has 1 unspecified atom stereocenters. The summed E-state index contributed by atoms with van der Waals surface area (Å²) in [6.07, 6.45) is 1.80. The standard InChI is InChI=1S/C23H19F3N4O3S/c1-5-28-20-14(2)30(17-8-6-7-16(12-17)23(24,25)26)22(31)29(3)21(20)18-10-9-15(13-27)11-19(18)34(4,32)33/h1,6-12,21,28H,2-4H3. The first-order valence-electron chi connectivity index (χ1n) is 9.72. The molecule has 1 N–H and O–H groups in total. The molecule has 1 aliphatic heterocycles. The van der Waals surface area contributed by atoms with E-state index in [0.29, 0.717) is 0 Å². The number of anilines is 1. The second-order valence-corrected chi connectivity index (χ2v) is 9.57. The number of carbonyl (C=O) groups excluding carboxylic acids is 1. The zero-order valence-electron chi connectivity index (χ0n) is 18.3. The lowest BCUT2D eigenvalue weighted by Gasteiger charge is -2.42. The Kier molecular flexibility index (Phi) is 6.36. The number of carbonyl (C=O) groups is 1. The number of hydrogen-bond acceptors (Lipinski definition) is 5. The number of urea groups is 1. The SMILES string of the molecule is C#CNC1=C(C)N(c2cccc(C(F)(F)F)c2)C(=O)N(C)C1c1ccc(C#N)cc1S(C)(=O)=O. The van der Waals surface area contributed by atoms with Crippen LogP contribution in [0.1, 0.15) is 29.7 Å². The second kappa shape index (κ2) is 8.76. The Labute approximate surface area is 195 Å². The lowest BCUT2D eigenvalue weighted by molar-refractivity contribution is -0.137. The third kappa shape index (κ3) is 4.43. The summed E-state index contributed by atoms with van der Waals surface area (Å²) in [5, 5.41) is 11.9. The minimum atomic E-state index is -4.62. The number of terminal acetylenes is 1. The van der Waals surface area contributed by atoms with Gasteiger partial charge in [-0.25, -0.2) is 13.2 Å². The average molecular weight is 488 g/mol. The molecular weight excluding hydrogens is 469 g/mol. The highest BCUT2D eigenvalue weighted by Gasteiger charge is 2.40. The van der Waals surface area contributed by atoms with Gasteiger partial charge in [-0.3, -0.25) is 4.90 Å². The Morgan fingerprint density at radius 1 is 1.18 bits per heavy atom. The van der Waals surface area contributed by atoms with Crippen LogP contribution in [-0.2, 0) is 16.0 Å². The van der Waals surface area contributed by atoms with Crippen molar-refractivity contribution < 1.29 is 26.4 Å². The Morgan fingerprint density at radius 2 is 1.85 bits per heavy atom. The summed E-state index contributed by atoms with van der Waals surface area (Å²) in [6.45, 7) is 1.49. The Bertz CT molecular complexity index is 1390. The molecule has 3 rings (SSSR count). The van der Waals surface area contributed by atoms with Crippen molar-refractivity contribution in [3.05, 3.63) is 70.5 Å². The smallest absolute Gasteiger partial charge is 0.315 e. The molecule has 1 heterocycles. The van der Waals surface area contributed by atoms with Crippen molar-refractivity contribution in [1.29, 1.82) is 5.26 Å². The van der Waals surface area contributed by atoms with E-state index in [1.165, 1.54) is 49.2 Å². The molecule has 0 saturated heterocycles. The molecule has 0 spiro atoms. The van der Waals surface area contributed by atoms with Crippen LogP contribution >= 0.6 is 0 Å². The van der Waals surface area contributed by atoms with Crippen LogP contribution in [0.4, 0.5) is 23.7 Å². The highest BCUT2D eigenvalue weighted by atomic mass is 32.2. The molecule has 2 aromatic rings. The molecule has 0 radical (unpaired) electrons. The van der Waals surface area contributed by atoms with Crippen LogP contribution in [0, 0.1) is 23.8 Å². The molecule has 0 bridgehead atoms. The minimum Gasteiger partial charge on any atom is -0.315 e. The fraction of sp³-hybridized carbons (Fsp3) is 0.217. The maximum absolute atomic E-state index is 13.4. The fourth-order valence-corrected chi connectivity index (χ4v) is 4.75. The lowest BCUT2D eigenvalue weighted by Crippen LogP contribution is -2.50. The van der Waals surface area contributed by atoms with Crippen molar-refractivity contribution >= 4 is 21.6 Å². The highest BCUT2D eigenvalue weighted by Crippen LogP contribution is 2.40. The first kappa shape index (κ1) is 24.7. The molecule has 176 valence electrons. The molecular formula is C23H19F3N4O3S. The first-order chi connectivity index (χ1) is 15.8. The fourth-order valence-electron chi connectivity index (χ4n) is 3.80. The molecule has 0 aromatic heterocycles. The minimum absolute atomic E-state index is 0.0397. The predicted octanol–water partition coefficient (Wildman–Crippen LogP) is 4.01. The van der Waals surface area contributed by atoms with Crippen molar-refractivity contribution in [2.75, 3.05) is 18.2 Å². The number of benzene rings is 2. The van der Waals surface area contributed by atoms with Crippen molar-refractivity contribution in [2.45, 2.75) is 24.0 Å². The number of allylic oxidation sites excluding steroid dienone is 1. The quantitative estimate of drug-likeness (QED) is 0.519. The molecule has 0 fully saturated rings. The predicted molar refractivity (Wildman–Crippen MR) is 119 cm³/mol. The van der Waals surface area contributed by atoms with Crippen LogP contribution in [0.15, 0.2) is 58.8 Å². The Hall–Kier alpha value is -3.96.